The molecule has 64 heavy (non-hydrogen) atoms. The van der Waals surface area contributed by atoms with Crippen LogP contribution in [0.4, 0.5) is 0 Å². The molecule has 1 aromatic heterocycles. The normalized spacial score (nSPS) is 16.7. The fourth-order valence-electron chi connectivity index (χ4n) is 10.4. The van der Waals surface area contributed by atoms with Gasteiger partial charge in [0, 0.05) is 12.6 Å². The van der Waals surface area contributed by atoms with E-state index in [0.717, 1.165) is 77.6 Å². The topological polar surface area (TPSA) is 99.4 Å². The molecule has 0 aliphatic heterocycles. The largest absolute Gasteiger partial charge is 0.390 e. The molecular weight excluding hydrogens is 789 g/mol. The summed E-state index contributed by atoms with van der Waals surface area (Å²) in [5, 5.41) is 30.7. The van der Waals surface area contributed by atoms with Crippen molar-refractivity contribution in [3.63, 3.8) is 0 Å². The smallest absolute Gasteiger partial charge is 0.237 e. The molecule has 1 heterocycles. The van der Waals surface area contributed by atoms with Crippen molar-refractivity contribution in [2.24, 2.45) is 11.8 Å². The van der Waals surface area contributed by atoms with Gasteiger partial charge in [-0.2, -0.15) is 0 Å². The monoisotopic (exact) mass is 848 g/mol. The molecule has 0 saturated heterocycles. The number of imidazole rings is 1. The van der Waals surface area contributed by atoms with Gasteiger partial charge in [0.15, 0.2) is 0 Å². The molecule has 2 fully saturated rings. The molecule has 6 aromatic carbocycles. The Kier molecular flexibility index (Phi) is 13.3. The summed E-state index contributed by atoms with van der Waals surface area (Å²) in [5.41, 5.74) is 5.15. The predicted molar refractivity (Wildman–Crippen MR) is 255 cm³/mol. The highest BCUT2D eigenvalue weighted by Gasteiger charge is 2.44. The quantitative estimate of drug-likeness (QED) is 0.0645. The van der Waals surface area contributed by atoms with Crippen molar-refractivity contribution >= 4 is 5.91 Å². The standard InChI is InChI=1S/C57H60N4O3/c62-53(43-36-37-43)54(63)51(38-42-22-8-1-9-23-42)59-55(64)52(60-56(44-24-10-2-11-25-44,45-26-12-3-13-27-45)46-28-14-4-15-29-46)39-50-40-61(41-58-50)57(47-30-16-5-17-31-47,48-32-18-6-19-33-48)49-34-20-7-21-35-49/h2-7,10-21,24-35,40-43,51-54,60,62-63H,1,8-9,22-23,36-39H2,(H,59,64)/t51-,52?,53-,54+/m0/s1. The summed E-state index contributed by atoms with van der Waals surface area (Å²) >= 11 is 0. The van der Waals surface area contributed by atoms with Crippen molar-refractivity contribution in [1.29, 1.82) is 0 Å². The number of hydrogen-bond donors (Lipinski definition) is 4. The zero-order valence-electron chi connectivity index (χ0n) is 36.5. The lowest BCUT2D eigenvalue weighted by molar-refractivity contribution is -0.126. The third-order valence-electron chi connectivity index (χ3n) is 13.8. The second kappa shape index (κ2) is 19.7. The first kappa shape index (κ1) is 43.1. The van der Waals surface area contributed by atoms with E-state index in [9.17, 15) is 10.2 Å². The van der Waals surface area contributed by atoms with Crippen LogP contribution in [0, 0.1) is 11.8 Å². The minimum atomic E-state index is -1.08. The van der Waals surface area contributed by atoms with Crippen molar-refractivity contribution in [2.45, 2.75) is 93.2 Å². The highest BCUT2D eigenvalue weighted by Crippen LogP contribution is 2.42. The number of aliphatic hydroxyl groups excluding tert-OH is 2. The zero-order valence-corrected chi connectivity index (χ0v) is 36.5. The Morgan fingerprint density at radius 1 is 0.594 bits per heavy atom. The van der Waals surface area contributed by atoms with E-state index in [1.54, 1.807) is 0 Å². The van der Waals surface area contributed by atoms with Crippen LogP contribution >= 0.6 is 0 Å². The van der Waals surface area contributed by atoms with Crippen molar-refractivity contribution in [3.8, 4) is 0 Å². The SMILES string of the molecule is O=C(N[C@@H](CC1CCCCC1)[C@@H](O)[C@@H](O)C1CC1)C(Cc1cn(C(c2ccccc2)(c2ccccc2)c2ccccc2)cn1)NC(c1ccccc1)(c1ccccc1)c1ccccc1. The molecule has 4 atom stereocenters. The molecule has 0 spiro atoms. The van der Waals surface area contributed by atoms with E-state index in [1.165, 1.54) is 6.42 Å². The van der Waals surface area contributed by atoms with Crippen LogP contribution in [0.15, 0.2) is 195 Å². The Balaban J connectivity index is 1.18. The summed E-state index contributed by atoms with van der Waals surface area (Å²) in [6, 6.07) is 61.1. The number of nitrogens with zero attached hydrogens (tertiary/aromatic N) is 2. The van der Waals surface area contributed by atoms with E-state index >= 15 is 4.79 Å². The fourth-order valence-corrected chi connectivity index (χ4v) is 10.4. The summed E-state index contributed by atoms with van der Waals surface area (Å²) in [6.07, 6.45) is 10.3. The number of aliphatic hydroxyl groups is 2. The van der Waals surface area contributed by atoms with Crippen LogP contribution in [0.2, 0.25) is 0 Å². The van der Waals surface area contributed by atoms with E-state index in [1.807, 2.05) is 79.1 Å². The number of carbonyl (C=O) groups excluding carboxylic acids is 1. The summed E-state index contributed by atoms with van der Waals surface area (Å²) in [4.78, 5) is 20.7. The van der Waals surface area contributed by atoms with Gasteiger partial charge < -0.3 is 20.1 Å². The first-order chi connectivity index (χ1) is 31.5. The lowest BCUT2D eigenvalue weighted by Crippen LogP contribution is -2.59. The Labute approximate surface area is 378 Å². The summed E-state index contributed by atoms with van der Waals surface area (Å²) in [7, 11) is 0. The number of carbonyl (C=O) groups is 1. The average Bonchev–Trinajstić information content (AvgIpc) is 4.12. The number of nitrogens with one attached hydrogen (secondary N) is 2. The van der Waals surface area contributed by atoms with Crippen molar-refractivity contribution in [1.82, 2.24) is 20.2 Å². The van der Waals surface area contributed by atoms with E-state index in [-0.39, 0.29) is 18.2 Å². The molecule has 7 nitrogen and oxygen atoms in total. The van der Waals surface area contributed by atoms with Crippen LogP contribution < -0.4 is 10.6 Å². The van der Waals surface area contributed by atoms with Gasteiger partial charge in [0.1, 0.15) is 11.6 Å². The van der Waals surface area contributed by atoms with Crippen LogP contribution in [0.5, 0.6) is 0 Å². The highest BCUT2D eigenvalue weighted by molar-refractivity contribution is 5.83. The van der Waals surface area contributed by atoms with Gasteiger partial charge in [-0.25, -0.2) is 4.98 Å². The van der Waals surface area contributed by atoms with Crippen molar-refractivity contribution < 1.29 is 15.0 Å². The first-order valence-corrected chi connectivity index (χ1v) is 23.3. The minimum Gasteiger partial charge on any atom is -0.390 e. The van der Waals surface area contributed by atoms with Crippen LogP contribution in [0.25, 0.3) is 0 Å². The van der Waals surface area contributed by atoms with Crippen LogP contribution in [-0.4, -0.2) is 50.0 Å². The van der Waals surface area contributed by atoms with Gasteiger partial charge in [-0.05, 0) is 64.5 Å². The molecule has 4 N–H and O–H groups in total. The van der Waals surface area contributed by atoms with Crippen molar-refractivity contribution in [2.75, 3.05) is 0 Å². The molecule has 0 bridgehead atoms. The Hall–Kier alpha value is -6.12. The number of amides is 1. The molecular formula is C57H60N4O3. The van der Waals surface area contributed by atoms with Crippen LogP contribution in [-0.2, 0) is 22.3 Å². The molecule has 1 amide bonds. The maximum Gasteiger partial charge on any atom is 0.237 e. The van der Waals surface area contributed by atoms with Crippen molar-refractivity contribution in [3.05, 3.63) is 234 Å². The molecule has 2 aliphatic rings. The second-order valence-corrected chi connectivity index (χ2v) is 18.0. The lowest BCUT2D eigenvalue weighted by atomic mass is 9.76. The van der Waals surface area contributed by atoms with Gasteiger partial charge in [-0.15, -0.1) is 0 Å². The number of benzene rings is 6. The van der Waals surface area contributed by atoms with E-state index in [2.05, 4.69) is 131 Å². The zero-order chi connectivity index (χ0) is 43.8. The number of aromatic nitrogens is 2. The summed E-state index contributed by atoms with van der Waals surface area (Å²) < 4.78 is 2.19. The van der Waals surface area contributed by atoms with Gasteiger partial charge >= 0.3 is 0 Å². The second-order valence-electron chi connectivity index (χ2n) is 18.0. The van der Waals surface area contributed by atoms with E-state index in [0.29, 0.717) is 12.3 Å². The number of rotatable bonds is 18. The van der Waals surface area contributed by atoms with E-state index in [4.69, 9.17) is 4.98 Å². The highest BCUT2D eigenvalue weighted by atomic mass is 16.3. The lowest BCUT2D eigenvalue weighted by Gasteiger charge is -2.40. The molecule has 7 heteroatoms. The maximum absolute atomic E-state index is 15.6. The Bertz CT molecular complexity index is 2310. The van der Waals surface area contributed by atoms with Gasteiger partial charge in [0.25, 0.3) is 0 Å². The molecule has 1 unspecified atom stereocenters. The molecule has 7 aromatic rings. The fraction of sp³-hybridized carbons (Fsp3) is 0.298. The van der Waals surface area contributed by atoms with Gasteiger partial charge in [0.05, 0.1) is 35.7 Å². The molecule has 2 saturated carbocycles. The summed E-state index contributed by atoms with van der Waals surface area (Å²) in [6.45, 7) is 0. The molecule has 9 rings (SSSR count). The first-order valence-electron chi connectivity index (χ1n) is 23.3. The minimum absolute atomic E-state index is 0.0552. The van der Waals surface area contributed by atoms with Gasteiger partial charge in [-0.3, -0.25) is 10.1 Å². The van der Waals surface area contributed by atoms with Crippen LogP contribution in [0.3, 0.4) is 0 Å². The van der Waals surface area contributed by atoms with E-state index < -0.39 is 35.4 Å². The predicted octanol–water partition coefficient (Wildman–Crippen LogP) is 9.80. The average molecular weight is 849 g/mol. The molecule has 326 valence electrons. The number of hydrogen-bond acceptors (Lipinski definition) is 5. The third-order valence-corrected chi connectivity index (χ3v) is 13.8. The maximum atomic E-state index is 15.6. The van der Waals surface area contributed by atoms with Crippen LogP contribution in [0.1, 0.15) is 90.4 Å². The molecule has 0 radical (unpaired) electrons. The van der Waals surface area contributed by atoms with Gasteiger partial charge in [0.2, 0.25) is 5.91 Å². The Morgan fingerprint density at radius 3 is 1.44 bits per heavy atom. The molecule has 2 aliphatic carbocycles. The Morgan fingerprint density at radius 2 is 1.02 bits per heavy atom. The van der Waals surface area contributed by atoms with Gasteiger partial charge in [-0.1, -0.05) is 214 Å². The summed E-state index contributed by atoms with van der Waals surface area (Å²) in [5.74, 6) is 0.172. The third kappa shape index (κ3) is 8.98.